The zero-order chi connectivity index (χ0) is 11.5. The minimum absolute atomic E-state index is 0.161. The first-order valence-corrected chi connectivity index (χ1v) is 4.90. The molecule has 5 heteroatoms. The summed E-state index contributed by atoms with van der Waals surface area (Å²) in [6, 6.07) is 4.17. The van der Waals surface area contributed by atoms with Gasteiger partial charge in [-0.25, -0.2) is 13.5 Å². The first kappa shape index (κ1) is 10.8. The molecule has 1 aromatic heterocycles. The van der Waals surface area contributed by atoms with Gasteiger partial charge in [0.1, 0.15) is 5.69 Å². The zero-order valence-electron chi connectivity index (χ0n) is 8.53. The summed E-state index contributed by atoms with van der Waals surface area (Å²) in [7, 11) is 0. The fraction of sp³-hybridized carbons (Fsp3) is 0.182. The fourth-order valence-corrected chi connectivity index (χ4v) is 1.55. The highest BCUT2D eigenvalue weighted by Gasteiger charge is 2.12. The van der Waals surface area contributed by atoms with Gasteiger partial charge in [-0.1, -0.05) is 0 Å². The van der Waals surface area contributed by atoms with Gasteiger partial charge in [-0.3, -0.25) is 0 Å². The number of hydrogen-bond donors (Lipinski definition) is 1. The van der Waals surface area contributed by atoms with Crippen LogP contribution in [-0.2, 0) is 6.42 Å². The fourth-order valence-electron chi connectivity index (χ4n) is 1.55. The molecule has 0 saturated heterocycles. The van der Waals surface area contributed by atoms with Crippen molar-refractivity contribution >= 4 is 0 Å². The molecule has 0 fully saturated rings. The van der Waals surface area contributed by atoms with Gasteiger partial charge >= 0.3 is 0 Å². The van der Waals surface area contributed by atoms with Crippen LogP contribution in [0.3, 0.4) is 0 Å². The maximum atomic E-state index is 13.7. The quantitative estimate of drug-likeness (QED) is 0.859. The van der Waals surface area contributed by atoms with Crippen LogP contribution in [0.15, 0.2) is 30.6 Å². The third-order valence-electron chi connectivity index (χ3n) is 2.24. The highest BCUT2D eigenvalue weighted by atomic mass is 19.1. The van der Waals surface area contributed by atoms with Gasteiger partial charge in [-0.05, 0) is 36.7 Å². The van der Waals surface area contributed by atoms with Crippen LogP contribution in [0.5, 0.6) is 0 Å². The highest BCUT2D eigenvalue weighted by Crippen LogP contribution is 2.19. The SMILES string of the molecule is NCCc1cc(F)c(-n2cccn2)c(F)c1. The summed E-state index contributed by atoms with van der Waals surface area (Å²) < 4.78 is 28.5. The number of aromatic nitrogens is 2. The molecule has 3 nitrogen and oxygen atoms in total. The van der Waals surface area contributed by atoms with Crippen LogP contribution in [0.25, 0.3) is 5.69 Å². The summed E-state index contributed by atoms with van der Waals surface area (Å²) in [6.07, 6.45) is 3.41. The van der Waals surface area contributed by atoms with E-state index < -0.39 is 11.6 Å². The molecule has 0 bridgehead atoms. The average Bonchev–Trinajstić information content (AvgIpc) is 2.70. The number of rotatable bonds is 3. The van der Waals surface area contributed by atoms with E-state index in [0.29, 0.717) is 18.5 Å². The normalized spacial score (nSPS) is 10.7. The number of nitrogens with two attached hydrogens (primary N) is 1. The van der Waals surface area contributed by atoms with Gasteiger partial charge in [-0.2, -0.15) is 5.10 Å². The van der Waals surface area contributed by atoms with Crippen molar-refractivity contribution in [2.45, 2.75) is 6.42 Å². The Labute approximate surface area is 91.5 Å². The molecular formula is C11H11F2N3. The second-order valence-electron chi connectivity index (χ2n) is 3.40. The lowest BCUT2D eigenvalue weighted by Crippen LogP contribution is -2.07. The van der Waals surface area contributed by atoms with Crippen molar-refractivity contribution < 1.29 is 8.78 Å². The first-order chi connectivity index (χ1) is 7.72. The number of nitrogens with zero attached hydrogens (tertiary/aromatic N) is 2. The summed E-state index contributed by atoms with van der Waals surface area (Å²) in [4.78, 5) is 0. The van der Waals surface area contributed by atoms with Crippen molar-refractivity contribution in [1.29, 1.82) is 0 Å². The third-order valence-corrected chi connectivity index (χ3v) is 2.24. The van der Waals surface area contributed by atoms with E-state index in [0.717, 1.165) is 4.68 Å². The number of hydrogen-bond acceptors (Lipinski definition) is 2. The van der Waals surface area contributed by atoms with E-state index in [4.69, 9.17) is 5.73 Å². The molecule has 0 aliphatic carbocycles. The van der Waals surface area contributed by atoms with E-state index in [9.17, 15) is 8.78 Å². The first-order valence-electron chi connectivity index (χ1n) is 4.90. The Bertz CT molecular complexity index is 457. The summed E-state index contributed by atoms with van der Waals surface area (Å²) in [6.45, 7) is 0.361. The molecule has 84 valence electrons. The molecule has 0 saturated carbocycles. The van der Waals surface area contributed by atoms with Crippen molar-refractivity contribution in [3.8, 4) is 5.69 Å². The van der Waals surface area contributed by atoms with Crippen LogP contribution < -0.4 is 5.73 Å². The van der Waals surface area contributed by atoms with Crippen molar-refractivity contribution in [2.24, 2.45) is 5.73 Å². The van der Waals surface area contributed by atoms with Crippen molar-refractivity contribution in [3.63, 3.8) is 0 Å². The predicted octanol–water partition coefficient (Wildman–Crippen LogP) is 1.65. The molecule has 1 heterocycles. The standard InChI is InChI=1S/C11H11F2N3/c12-9-6-8(2-3-14)7-10(13)11(9)16-5-1-4-15-16/h1,4-7H,2-3,14H2. The molecule has 2 N–H and O–H groups in total. The van der Waals surface area contributed by atoms with Crippen LogP contribution in [0.2, 0.25) is 0 Å². The van der Waals surface area contributed by atoms with Crippen LogP contribution >= 0.6 is 0 Å². The smallest absolute Gasteiger partial charge is 0.152 e. The van der Waals surface area contributed by atoms with Crippen molar-refractivity contribution in [1.82, 2.24) is 9.78 Å². The predicted molar refractivity (Wildman–Crippen MR) is 56.2 cm³/mol. The molecule has 0 spiro atoms. The Morgan fingerprint density at radius 2 is 1.94 bits per heavy atom. The number of benzene rings is 1. The minimum atomic E-state index is -0.632. The molecular weight excluding hydrogens is 212 g/mol. The monoisotopic (exact) mass is 223 g/mol. The molecule has 0 aliphatic rings. The Balaban J connectivity index is 2.48. The van der Waals surface area contributed by atoms with Crippen molar-refractivity contribution in [2.75, 3.05) is 6.54 Å². The molecule has 0 unspecified atom stereocenters. The Kier molecular flexibility index (Phi) is 2.96. The number of halogens is 2. The van der Waals surface area contributed by atoms with E-state index >= 15 is 0 Å². The molecule has 2 aromatic rings. The Morgan fingerprint density at radius 3 is 2.44 bits per heavy atom. The van der Waals surface area contributed by atoms with Crippen LogP contribution in [0.4, 0.5) is 8.78 Å². The van der Waals surface area contributed by atoms with Gasteiger partial charge in [0.15, 0.2) is 11.6 Å². The molecule has 0 aliphatic heterocycles. The maximum absolute atomic E-state index is 13.7. The largest absolute Gasteiger partial charge is 0.330 e. The van der Waals surface area contributed by atoms with Crippen LogP contribution in [0.1, 0.15) is 5.56 Å². The van der Waals surface area contributed by atoms with Crippen molar-refractivity contribution in [3.05, 3.63) is 47.8 Å². The second kappa shape index (κ2) is 4.40. The average molecular weight is 223 g/mol. The van der Waals surface area contributed by atoms with Crippen LogP contribution in [-0.4, -0.2) is 16.3 Å². The van der Waals surface area contributed by atoms with E-state index in [1.54, 1.807) is 6.07 Å². The van der Waals surface area contributed by atoms with Crippen LogP contribution in [0, 0.1) is 11.6 Å². The highest BCUT2D eigenvalue weighted by molar-refractivity contribution is 5.37. The third kappa shape index (κ3) is 1.94. The lowest BCUT2D eigenvalue weighted by atomic mass is 10.1. The summed E-state index contributed by atoms with van der Waals surface area (Å²) in [5.41, 5.74) is 5.72. The van der Waals surface area contributed by atoms with E-state index in [1.165, 1.54) is 24.5 Å². The van der Waals surface area contributed by atoms with Gasteiger partial charge in [-0.15, -0.1) is 0 Å². The molecule has 2 rings (SSSR count). The second-order valence-corrected chi connectivity index (χ2v) is 3.40. The van der Waals surface area contributed by atoms with Gasteiger partial charge in [0.05, 0.1) is 0 Å². The zero-order valence-corrected chi connectivity index (χ0v) is 8.53. The van der Waals surface area contributed by atoms with Gasteiger partial charge in [0, 0.05) is 12.4 Å². The molecule has 0 radical (unpaired) electrons. The Morgan fingerprint density at radius 1 is 1.25 bits per heavy atom. The summed E-state index contributed by atoms with van der Waals surface area (Å²) in [5, 5.41) is 3.80. The summed E-state index contributed by atoms with van der Waals surface area (Å²) in [5.74, 6) is -1.26. The van der Waals surface area contributed by atoms with E-state index in [1.807, 2.05) is 0 Å². The van der Waals surface area contributed by atoms with E-state index in [-0.39, 0.29) is 5.69 Å². The summed E-state index contributed by atoms with van der Waals surface area (Å²) >= 11 is 0. The molecule has 0 amide bonds. The lowest BCUT2D eigenvalue weighted by Gasteiger charge is -2.07. The van der Waals surface area contributed by atoms with E-state index in [2.05, 4.69) is 5.10 Å². The van der Waals surface area contributed by atoms with Gasteiger partial charge in [0.2, 0.25) is 0 Å². The van der Waals surface area contributed by atoms with Gasteiger partial charge < -0.3 is 5.73 Å². The van der Waals surface area contributed by atoms with Gasteiger partial charge in [0.25, 0.3) is 0 Å². The molecule has 1 aromatic carbocycles. The minimum Gasteiger partial charge on any atom is -0.330 e. The molecule has 0 atom stereocenters. The lowest BCUT2D eigenvalue weighted by molar-refractivity contribution is 0.557. The topological polar surface area (TPSA) is 43.8 Å². The molecule has 16 heavy (non-hydrogen) atoms. The maximum Gasteiger partial charge on any atom is 0.152 e. The Hall–Kier alpha value is -1.75.